The topological polar surface area (TPSA) is 88.9 Å². The van der Waals surface area contributed by atoms with Gasteiger partial charge in [-0.3, -0.25) is 14.7 Å². The van der Waals surface area contributed by atoms with E-state index in [1.54, 1.807) is 6.92 Å². The van der Waals surface area contributed by atoms with Crippen LogP contribution in [0.3, 0.4) is 0 Å². The number of rotatable bonds is 6. The van der Waals surface area contributed by atoms with E-state index in [0.29, 0.717) is 10.2 Å². The lowest BCUT2D eigenvalue weighted by atomic mass is 9.96. The van der Waals surface area contributed by atoms with Gasteiger partial charge in [-0.05, 0) is 44.7 Å². The van der Waals surface area contributed by atoms with Crippen molar-refractivity contribution in [3.05, 3.63) is 29.3 Å². The number of urea groups is 1. The Labute approximate surface area is 198 Å². The standard InChI is InChI=1S/C23H30ClN5O2S/c1-15(21(30)26-22(31)25-16-9-3-2-4-10-16)32-23-28-27-20(18-13-7-8-14-19(18)24)29(23)17-11-5-6-12-17/h7-8,13-17H,2-6,9-12H2,1H3,(H2,25,26,30,31)/t15-/m1/s1. The smallest absolute Gasteiger partial charge is 0.321 e. The van der Waals surface area contributed by atoms with Crippen molar-refractivity contribution >= 4 is 35.3 Å². The summed E-state index contributed by atoms with van der Waals surface area (Å²) < 4.78 is 2.13. The van der Waals surface area contributed by atoms with Gasteiger partial charge in [0, 0.05) is 17.6 Å². The molecule has 2 fully saturated rings. The number of carbonyl (C=O) groups excluding carboxylic acids is 2. The molecular formula is C23H30ClN5O2S. The zero-order valence-corrected chi connectivity index (χ0v) is 19.9. The minimum Gasteiger partial charge on any atom is -0.335 e. The second-order valence-electron chi connectivity index (χ2n) is 8.65. The second kappa shape index (κ2) is 10.7. The van der Waals surface area contributed by atoms with Gasteiger partial charge < -0.3 is 5.32 Å². The summed E-state index contributed by atoms with van der Waals surface area (Å²) in [6, 6.07) is 7.64. The highest BCUT2D eigenvalue weighted by Crippen LogP contribution is 2.39. The quantitative estimate of drug-likeness (QED) is 0.549. The summed E-state index contributed by atoms with van der Waals surface area (Å²) in [4.78, 5) is 25.0. The maximum atomic E-state index is 12.7. The highest BCUT2D eigenvalue weighted by Gasteiger charge is 2.28. The fourth-order valence-corrected chi connectivity index (χ4v) is 5.71. The van der Waals surface area contributed by atoms with Crippen LogP contribution in [0.2, 0.25) is 5.02 Å². The highest BCUT2D eigenvalue weighted by atomic mass is 35.5. The van der Waals surface area contributed by atoms with Crippen LogP contribution in [0, 0.1) is 0 Å². The lowest BCUT2D eigenvalue weighted by Crippen LogP contribution is -2.47. The third kappa shape index (κ3) is 5.46. The monoisotopic (exact) mass is 475 g/mol. The fraction of sp³-hybridized carbons (Fsp3) is 0.565. The van der Waals surface area contributed by atoms with E-state index in [1.807, 2.05) is 24.3 Å². The summed E-state index contributed by atoms with van der Waals surface area (Å²) in [6.45, 7) is 1.79. The second-order valence-corrected chi connectivity index (χ2v) is 10.4. The average molecular weight is 476 g/mol. The molecule has 3 amide bonds. The Morgan fingerprint density at radius 1 is 1.06 bits per heavy atom. The van der Waals surface area contributed by atoms with Crippen molar-refractivity contribution in [2.75, 3.05) is 0 Å². The van der Waals surface area contributed by atoms with Crippen LogP contribution in [-0.4, -0.2) is 38.0 Å². The van der Waals surface area contributed by atoms with Crippen LogP contribution in [0.4, 0.5) is 4.79 Å². The molecule has 4 rings (SSSR count). The maximum Gasteiger partial charge on any atom is 0.321 e. The number of benzene rings is 1. The van der Waals surface area contributed by atoms with Crippen molar-refractivity contribution in [2.24, 2.45) is 0 Å². The molecule has 1 atom stereocenters. The van der Waals surface area contributed by atoms with Crippen LogP contribution < -0.4 is 10.6 Å². The van der Waals surface area contributed by atoms with Gasteiger partial charge in [-0.15, -0.1) is 10.2 Å². The van der Waals surface area contributed by atoms with E-state index in [0.717, 1.165) is 62.8 Å². The molecule has 9 heteroatoms. The van der Waals surface area contributed by atoms with E-state index in [4.69, 9.17) is 11.6 Å². The highest BCUT2D eigenvalue weighted by molar-refractivity contribution is 8.00. The summed E-state index contributed by atoms with van der Waals surface area (Å²) in [5.41, 5.74) is 0.837. The normalized spacial score (nSPS) is 18.4. The molecule has 0 spiro atoms. The summed E-state index contributed by atoms with van der Waals surface area (Å²) in [5, 5.41) is 15.1. The third-order valence-corrected chi connectivity index (χ3v) is 7.68. The van der Waals surface area contributed by atoms with Gasteiger partial charge in [0.05, 0.1) is 10.3 Å². The molecule has 7 nitrogen and oxygen atoms in total. The Morgan fingerprint density at radius 2 is 1.75 bits per heavy atom. The van der Waals surface area contributed by atoms with Gasteiger partial charge in [0.15, 0.2) is 11.0 Å². The lowest BCUT2D eigenvalue weighted by molar-refractivity contribution is -0.119. The molecule has 2 N–H and O–H groups in total. The van der Waals surface area contributed by atoms with E-state index < -0.39 is 11.3 Å². The van der Waals surface area contributed by atoms with Gasteiger partial charge in [0.1, 0.15) is 0 Å². The molecule has 172 valence electrons. The maximum absolute atomic E-state index is 12.7. The number of hydrogen-bond donors (Lipinski definition) is 2. The summed E-state index contributed by atoms with van der Waals surface area (Å²) in [5.74, 6) is 0.399. The minimum atomic E-state index is -0.490. The number of nitrogens with one attached hydrogen (secondary N) is 2. The van der Waals surface area contributed by atoms with Gasteiger partial charge in [0.25, 0.3) is 0 Å². The molecule has 1 aromatic heterocycles. The van der Waals surface area contributed by atoms with E-state index in [1.165, 1.54) is 18.2 Å². The Bertz CT molecular complexity index is 954. The number of carbonyl (C=O) groups is 2. The fourth-order valence-electron chi connectivity index (χ4n) is 4.57. The first-order valence-electron chi connectivity index (χ1n) is 11.5. The minimum absolute atomic E-state index is 0.156. The number of aromatic nitrogens is 3. The SMILES string of the molecule is C[C@@H](Sc1nnc(-c2ccccc2Cl)n1C1CCCC1)C(=O)NC(=O)NC1CCCCC1. The van der Waals surface area contributed by atoms with Crippen LogP contribution in [0.25, 0.3) is 11.4 Å². The molecule has 0 unspecified atom stereocenters. The molecule has 0 radical (unpaired) electrons. The predicted molar refractivity (Wildman–Crippen MR) is 127 cm³/mol. The van der Waals surface area contributed by atoms with Crippen LogP contribution in [0.5, 0.6) is 0 Å². The van der Waals surface area contributed by atoms with Crippen molar-refractivity contribution in [1.82, 2.24) is 25.4 Å². The van der Waals surface area contributed by atoms with Crippen LogP contribution >= 0.6 is 23.4 Å². The molecule has 1 heterocycles. The van der Waals surface area contributed by atoms with Crippen molar-refractivity contribution in [2.45, 2.75) is 87.2 Å². The molecule has 2 aliphatic rings. The molecule has 2 saturated carbocycles. The molecule has 32 heavy (non-hydrogen) atoms. The molecule has 2 aromatic rings. The van der Waals surface area contributed by atoms with E-state index in [9.17, 15) is 9.59 Å². The molecule has 0 aliphatic heterocycles. The van der Waals surface area contributed by atoms with E-state index in [2.05, 4.69) is 25.4 Å². The molecule has 2 aliphatic carbocycles. The molecule has 0 bridgehead atoms. The lowest BCUT2D eigenvalue weighted by Gasteiger charge is -2.23. The first kappa shape index (κ1) is 23.1. The Hall–Kier alpha value is -2.06. The molecule has 0 saturated heterocycles. The van der Waals surface area contributed by atoms with Gasteiger partial charge in [0.2, 0.25) is 5.91 Å². The van der Waals surface area contributed by atoms with Gasteiger partial charge in [-0.25, -0.2) is 4.79 Å². The van der Waals surface area contributed by atoms with Crippen LogP contribution in [0.15, 0.2) is 29.4 Å². The first-order chi connectivity index (χ1) is 15.5. The molecule has 1 aromatic carbocycles. The summed E-state index contributed by atoms with van der Waals surface area (Å²) >= 11 is 7.77. The Kier molecular flexibility index (Phi) is 7.73. The van der Waals surface area contributed by atoms with Crippen molar-refractivity contribution < 1.29 is 9.59 Å². The van der Waals surface area contributed by atoms with Crippen molar-refractivity contribution in [1.29, 1.82) is 0 Å². The van der Waals surface area contributed by atoms with Gasteiger partial charge in [-0.2, -0.15) is 0 Å². The van der Waals surface area contributed by atoms with Crippen molar-refractivity contribution in [3.63, 3.8) is 0 Å². The van der Waals surface area contributed by atoms with Crippen molar-refractivity contribution in [3.8, 4) is 11.4 Å². The first-order valence-corrected chi connectivity index (χ1v) is 12.8. The van der Waals surface area contributed by atoms with Gasteiger partial charge in [-0.1, -0.05) is 67.6 Å². The number of thioether (sulfide) groups is 1. The molecular weight excluding hydrogens is 446 g/mol. The summed E-state index contributed by atoms with van der Waals surface area (Å²) in [7, 11) is 0. The van der Waals surface area contributed by atoms with E-state index in [-0.39, 0.29) is 18.0 Å². The Morgan fingerprint density at radius 3 is 2.47 bits per heavy atom. The number of amides is 3. The zero-order valence-electron chi connectivity index (χ0n) is 18.3. The number of halogens is 1. The largest absolute Gasteiger partial charge is 0.335 e. The Balaban J connectivity index is 1.46. The summed E-state index contributed by atoms with van der Waals surface area (Å²) in [6.07, 6.45) is 9.82. The number of hydrogen-bond acceptors (Lipinski definition) is 5. The number of imide groups is 1. The predicted octanol–water partition coefficient (Wildman–Crippen LogP) is 5.35. The van der Waals surface area contributed by atoms with Crippen LogP contribution in [-0.2, 0) is 4.79 Å². The zero-order chi connectivity index (χ0) is 22.5. The van der Waals surface area contributed by atoms with E-state index >= 15 is 0 Å². The van der Waals surface area contributed by atoms with Gasteiger partial charge >= 0.3 is 6.03 Å². The third-order valence-electron chi connectivity index (χ3n) is 6.30. The average Bonchev–Trinajstić information content (AvgIpc) is 3.44. The van der Waals surface area contributed by atoms with Crippen LogP contribution in [0.1, 0.15) is 70.8 Å². The number of nitrogens with zero attached hydrogens (tertiary/aromatic N) is 3.